The Kier molecular flexibility index (Phi) is 7.69. The molecule has 1 aliphatic rings. The minimum Gasteiger partial charge on any atom is -0.440 e. The zero-order valence-corrected chi connectivity index (χ0v) is 18.8. The van der Waals surface area contributed by atoms with Crippen LogP contribution in [0.25, 0.3) is 22.6 Å². The summed E-state index contributed by atoms with van der Waals surface area (Å²) in [7, 11) is 2.16. The second-order valence-electron chi connectivity index (χ2n) is 8.37. The van der Waals surface area contributed by atoms with Gasteiger partial charge in [-0.1, -0.05) is 60.7 Å². The molecule has 0 saturated carbocycles. The molecule has 1 amide bonds. The highest BCUT2D eigenvalue weighted by atomic mass is 16.4. The second-order valence-corrected chi connectivity index (χ2v) is 8.37. The molecule has 0 radical (unpaired) electrons. The maximum absolute atomic E-state index is 12.3. The Morgan fingerprint density at radius 3 is 2.31 bits per heavy atom. The Bertz CT molecular complexity index is 923. The minimum atomic E-state index is 0.0455. The van der Waals surface area contributed by atoms with Crippen LogP contribution in [0, 0.1) is 0 Å². The van der Waals surface area contributed by atoms with Crippen molar-refractivity contribution in [2.45, 2.75) is 19.3 Å². The summed E-state index contributed by atoms with van der Waals surface area (Å²) in [5.74, 6) is 1.39. The van der Waals surface area contributed by atoms with E-state index in [1.807, 2.05) is 60.7 Å². The van der Waals surface area contributed by atoms with E-state index in [-0.39, 0.29) is 5.91 Å². The molecule has 2 heterocycles. The first kappa shape index (κ1) is 22.2. The van der Waals surface area contributed by atoms with Crippen LogP contribution < -0.4 is 5.32 Å². The zero-order valence-electron chi connectivity index (χ0n) is 18.8. The number of carbonyl (C=O) groups is 1. The van der Waals surface area contributed by atoms with Gasteiger partial charge in [0.1, 0.15) is 5.69 Å². The molecule has 6 nitrogen and oxygen atoms in total. The number of aromatic nitrogens is 1. The third-order valence-corrected chi connectivity index (χ3v) is 5.89. The third-order valence-electron chi connectivity index (χ3n) is 5.89. The number of oxazole rings is 1. The van der Waals surface area contributed by atoms with Crippen LogP contribution in [0.2, 0.25) is 0 Å². The lowest BCUT2D eigenvalue weighted by molar-refractivity contribution is -0.121. The second kappa shape index (κ2) is 11.1. The fraction of sp³-hybridized carbons (Fsp3) is 0.385. The number of nitrogens with one attached hydrogen (secondary N) is 1. The summed E-state index contributed by atoms with van der Waals surface area (Å²) in [5.41, 5.74) is 2.81. The number of hydrogen-bond donors (Lipinski definition) is 1. The van der Waals surface area contributed by atoms with Gasteiger partial charge in [0, 0.05) is 56.7 Å². The number of likely N-dealkylation sites (N-methyl/N-ethyl adjacent to an activating group) is 1. The lowest BCUT2D eigenvalue weighted by atomic mass is 10.1. The molecule has 1 fully saturated rings. The van der Waals surface area contributed by atoms with E-state index in [1.54, 1.807) is 0 Å². The first-order valence-electron chi connectivity index (χ1n) is 11.5. The van der Waals surface area contributed by atoms with Crippen LogP contribution in [0.1, 0.15) is 18.7 Å². The van der Waals surface area contributed by atoms with Crippen molar-refractivity contribution in [3.8, 4) is 22.6 Å². The number of hydrogen-bond acceptors (Lipinski definition) is 5. The van der Waals surface area contributed by atoms with E-state index in [9.17, 15) is 4.79 Å². The minimum absolute atomic E-state index is 0.0455. The number of piperazine rings is 1. The van der Waals surface area contributed by atoms with E-state index in [1.165, 1.54) is 0 Å². The Balaban J connectivity index is 1.30. The molecule has 0 spiro atoms. The van der Waals surface area contributed by atoms with Gasteiger partial charge in [0.15, 0.2) is 11.7 Å². The highest BCUT2D eigenvalue weighted by molar-refractivity contribution is 5.77. The summed E-state index contributed by atoms with van der Waals surface area (Å²) in [6.45, 7) is 6.22. The van der Waals surface area contributed by atoms with Crippen LogP contribution in [0.3, 0.4) is 0 Å². The molecule has 3 aromatic rings. The van der Waals surface area contributed by atoms with Gasteiger partial charge in [-0.25, -0.2) is 4.98 Å². The maximum atomic E-state index is 12.3. The standard InChI is InChI=1S/C26H32N4O2/c1-29-17-19-30(20-18-29)16-8-15-27-23(31)13-14-24-28-25(21-9-4-2-5-10-21)26(32-24)22-11-6-3-7-12-22/h2-7,9-12H,8,13-20H2,1H3,(H,27,31). The molecule has 2 aromatic carbocycles. The third kappa shape index (κ3) is 6.05. The lowest BCUT2D eigenvalue weighted by Gasteiger charge is -2.32. The summed E-state index contributed by atoms with van der Waals surface area (Å²) in [5, 5.41) is 3.04. The Labute approximate surface area is 190 Å². The number of benzene rings is 2. The molecule has 1 N–H and O–H groups in total. The zero-order chi connectivity index (χ0) is 22.2. The van der Waals surface area contributed by atoms with Crippen LogP contribution in [0.15, 0.2) is 65.1 Å². The van der Waals surface area contributed by atoms with Crippen molar-refractivity contribution in [3.63, 3.8) is 0 Å². The van der Waals surface area contributed by atoms with E-state index in [0.29, 0.717) is 25.3 Å². The van der Waals surface area contributed by atoms with Gasteiger partial charge in [-0.05, 0) is 20.0 Å². The summed E-state index contributed by atoms with van der Waals surface area (Å²) in [4.78, 5) is 21.9. The molecule has 0 aliphatic carbocycles. The van der Waals surface area contributed by atoms with Crippen molar-refractivity contribution in [1.82, 2.24) is 20.1 Å². The molecule has 0 unspecified atom stereocenters. The van der Waals surface area contributed by atoms with Crippen molar-refractivity contribution in [2.24, 2.45) is 0 Å². The maximum Gasteiger partial charge on any atom is 0.220 e. The molecule has 0 atom stereocenters. The Morgan fingerprint density at radius 2 is 1.62 bits per heavy atom. The van der Waals surface area contributed by atoms with Gasteiger partial charge >= 0.3 is 0 Å². The highest BCUT2D eigenvalue weighted by Crippen LogP contribution is 2.32. The van der Waals surface area contributed by atoms with E-state index >= 15 is 0 Å². The molecule has 4 rings (SSSR count). The van der Waals surface area contributed by atoms with Gasteiger partial charge in [-0.2, -0.15) is 0 Å². The van der Waals surface area contributed by atoms with Gasteiger partial charge in [-0.15, -0.1) is 0 Å². The molecular weight excluding hydrogens is 400 g/mol. The number of amides is 1. The number of carbonyl (C=O) groups excluding carboxylic acids is 1. The topological polar surface area (TPSA) is 61.6 Å². The van der Waals surface area contributed by atoms with Crippen molar-refractivity contribution in [1.29, 1.82) is 0 Å². The fourth-order valence-corrected chi connectivity index (χ4v) is 3.96. The van der Waals surface area contributed by atoms with Gasteiger partial charge in [0.25, 0.3) is 0 Å². The summed E-state index contributed by atoms with van der Waals surface area (Å²) in [6, 6.07) is 20.0. The molecule has 1 saturated heterocycles. The first-order chi connectivity index (χ1) is 15.7. The highest BCUT2D eigenvalue weighted by Gasteiger charge is 2.17. The largest absolute Gasteiger partial charge is 0.440 e. The lowest BCUT2D eigenvalue weighted by Crippen LogP contribution is -2.45. The smallest absolute Gasteiger partial charge is 0.220 e. The average Bonchev–Trinajstić information content (AvgIpc) is 3.27. The predicted octanol–water partition coefficient (Wildman–Crippen LogP) is 3.69. The van der Waals surface area contributed by atoms with Crippen molar-refractivity contribution < 1.29 is 9.21 Å². The molecule has 168 valence electrons. The van der Waals surface area contributed by atoms with Gasteiger partial charge in [-0.3, -0.25) is 4.79 Å². The molecule has 0 bridgehead atoms. The van der Waals surface area contributed by atoms with E-state index in [2.05, 4.69) is 22.2 Å². The van der Waals surface area contributed by atoms with Gasteiger partial charge in [0.2, 0.25) is 5.91 Å². The normalized spacial score (nSPS) is 15.0. The predicted molar refractivity (Wildman–Crippen MR) is 127 cm³/mol. The molecule has 1 aromatic heterocycles. The monoisotopic (exact) mass is 432 g/mol. The summed E-state index contributed by atoms with van der Waals surface area (Å²) < 4.78 is 6.12. The van der Waals surface area contributed by atoms with E-state index < -0.39 is 0 Å². The number of aryl methyl sites for hydroxylation is 1. The fourth-order valence-electron chi connectivity index (χ4n) is 3.96. The molecule has 6 heteroatoms. The number of nitrogens with zero attached hydrogens (tertiary/aromatic N) is 3. The van der Waals surface area contributed by atoms with Gasteiger partial charge < -0.3 is 19.5 Å². The van der Waals surface area contributed by atoms with Crippen molar-refractivity contribution in [3.05, 3.63) is 66.6 Å². The van der Waals surface area contributed by atoms with Crippen molar-refractivity contribution in [2.75, 3.05) is 46.3 Å². The first-order valence-corrected chi connectivity index (χ1v) is 11.5. The van der Waals surface area contributed by atoms with E-state index in [0.717, 1.165) is 61.7 Å². The van der Waals surface area contributed by atoms with Crippen LogP contribution in [-0.4, -0.2) is 67.0 Å². The molecule has 1 aliphatic heterocycles. The van der Waals surface area contributed by atoms with Crippen LogP contribution in [0.5, 0.6) is 0 Å². The average molecular weight is 433 g/mol. The van der Waals surface area contributed by atoms with Gasteiger partial charge in [0.05, 0.1) is 0 Å². The molecule has 32 heavy (non-hydrogen) atoms. The molecular formula is C26H32N4O2. The van der Waals surface area contributed by atoms with Crippen molar-refractivity contribution >= 4 is 5.91 Å². The van der Waals surface area contributed by atoms with E-state index in [4.69, 9.17) is 9.40 Å². The quantitative estimate of drug-likeness (QED) is 0.523. The Hall–Kier alpha value is -2.96. The SMILES string of the molecule is CN1CCN(CCCNC(=O)CCc2nc(-c3ccccc3)c(-c3ccccc3)o2)CC1. The summed E-state index contributed by atoms with van der Waals surface area (Å²) >= 11 is 0. The summed E-state index contributed by atoms with van der Waals surface area (Å²) in [6.07, 6.45) is 1.83. The van der Waals surface area contributed by atoms with Crippen LogP contribution >= 0.6 is 0 Å². The van der Waals surface area contributed by atoms with Crippen LogP contribution in [-0.2, 0) is 11.2 Å². The van der Waals surface area contributed by atoms with Crippen LogP contribution in [0.4, 0.5) is 0 Å². The Morgan fingerprint density at radius 1 is 0.969 bits per heavy atom. The number of rotatable bonds is 9.